The number of benzene rings is 1. The minimum atomic E-state index is -1.31. The average Bonchev–Trinajstić information content (AvgIpc) is 2.55. The molecule has 0 aromatic heterocycles. The Bertz CT molecular complexity index is 660. The lowest BCUT2D eigenvalue weighted by atomic mass is 9.99. The summed E-state index contributed by atoms with van der Waals surface area (Å²) in [6.45, 7) is 4.97. The molecule has 7 nitrogen and oxygen atoms in total. The van der Waals surface area contributed by atoms with Gasteiger partial charge in [-0.3, -0.25) is 9.59 Å². The van der Waals surface area contributed by atoms with Crippen LogP contribution in [0.1, 0.15) is 33.6 Å². The van der Waals surface area contributed by atoms with E-state index >= 15 is 0 Å². The van der Waals surface area contributed by atoms with Crippen LogP contribution in [0.4, 0.5) is 5.69 Å². The second-order valence-corrected chi connectivity index (χ2v) is 6.01. The van der Waals surface area contributed by atoms with E-state index in [1.54, 1.807) is 32.0 Å². The molecule has 0 saturated carbocycles. The summed E-state index contributed by atoms with van der Waals surface area (Å²) in [5, 5.41) is 11.7. The number of anilines is 1. The van der Waals surface area contributed by atoms with E-state index in [0.29, 0.717) is 11.4 Å². The van der Waals surface area contributed by atoms with Gasteiger partial charge >= 0.3 is 5.97 Å². The molecule has 2 atom stereocenters. The maximum Gasteiger partial charge on any atom is 0.329 e. The van der Waals surface area contributed by atoms with Crippen molar-refractivity contribution in [1.82, 2.24) is 5.32 Å². The van der Waals surface area contributed by atoms with Crippen molar-refractivity contribution in [1.29, 1.82) is 0 Å². The first-order chi connectivity index (χ1) is 11.3. The third-order valence-corrected chi connectivity index (χ3v) is 4.23. The highest BCUT2D eigenvalue weighted by Crippen LogP contribution is 2.33. The molecule has 0 fully saturated rings. The van der Waals surface area contributed by atoms with Crippen LogP contribution in [-0.2, 0) is 14.4 Å². The van der Waals surface area contributed by atoms with E-state index in [4.69, 9.17) is 4.74 Å². The second kappa shape index (κ2) is 6.90. The van der Waals surface area contributed by atoms with Crippen LogP contribution in [0.25, 0.3) is 0 Å². The Labute approximate surface area is 140 Å². The Balaban J connectivity index is 2.07. The van der Waals surface area contributed by atoms with Crippen molar-refractivity contribution in [3.63, 3.8) is 0 Å². The number of nitrogens with zero attached hydrogens (tertiary/aromatic N) is 1. The number of carbonyl (C=O) groups is 3. The molecule has 0 saturated heterocycles. The number of fused-ring (bicyclic) bond motifs is 1. The van der Waals surface area contributed by atoms with Gasteiger partial charge in [0, 0.05) is 13.0 Å². The van der Waals surface area contributed by atoms with Crippen molar-refractivity contribution in [2.45, 2.75) is 45.3 Å². The lowest BCUT2D eigenvalue weighted by molar-refractivity contribution is -0.147. The second-order valence-electron chi connectivity index (χ2n) is 6.01. The van der Waals surface area contributed by atoms with Crippen molar-refractivity contribution in [2.24, 2.45) is 0 Å². The SMILES string of the molecule is CCC(C)(NC(=O)CCN1C(=O)C(C)Oc2ccccc21)C(=O)O. The van der Waals surface area contributed by atoms with Crippen molar-refractivity contribution < 1.29 is 24.2 Å². The van der Waals surface area contributed by atoms with Crippen molar-refractivity contribution in [2.75, 3.05) is 11.4 Å². The van der Waals surface area contributed by atoms with Gasteiger partial charge in [0.05, 0.1) is 5.69 Å². The highest BCUT2D eigenvalue weighted by molar-refractivity contribution is 6.00. The maximum absolute atomic E-state index is 12.3. The summed E-state index contributed by atoms with van der Waals surface area (Å²) in [4.78, 5) is 37.2. The number of carboxylic acids is 1. The number of hydrogen-bond acceptors (Lipinski definition) is 4. The van der Waals surface area contributed by atoms with Crippen molar-refractivity contribution in [3.05, 3.63) is 24.3 Å². The molecule has 7 heteroatoms. The van der Waals surface area contributed by atoms with Gasteiger partial charge in [-0.25, -0.2) is 4.79 Å². The first-order valence-corrected chi connectivity index (χ1v) is 7.90. The molecular weight excluding hydrogens is 312 g/mol. The van der Waals surface area contributed by atoms with E-state index in [2.05, 4.69) is 5.32 Å². The van der Waals surface area contributed by atoms with E-state index in [0.717, 1.165) is 0 Å². The molecule has 0 bridgehead atoms. The van der Waals surface area contributed by atoms with E-state index in [9.17, 15) is 19.5 Å². The van der Waals surface area contributed by atoms with Gasteiger partial charge in [-0.15, -0.1) is 0 Å². The Morgan fingerprint density at radius 2 is 2.04 bits per heavy atom. The van der Waals surface area contributed by atoms with Crippen LogP contribution in [0.2, 0.25) is 0 Å². The number of carbonyl (C=O) groups excluding carboxylic acids is 2. The molecule has 1 aromatic carbocycles. The van der Waals surface area contributed by atoms with Crippen LogP contribution in [0.3, 0.4) is 0 Å². The highest BCUT2D eigenvalue weighted by atomic mass is 16.5. The number of hydrogen-bond donors (Lipinski definition) is 2. The quantitative estimate of drug-likeness (QED) is 0.823. The molecule has 2 N–H and O–H groups in total. The summed E-state index contributed by atoms with van der Waals surface area (Å²) in [5.74, 6) is -1.13. The zero-order valence-electron chi connectivity index (χ0n) is 14.0. The summed E-state index contributed by atoms with van der Waals surface area (Å²) in [7, 11) is 0. The number of ether oxygens (including phenoxy) is 1. The third kappa shape index (κ3) is 3.50. The largest absolute Gasteiger partial charge is 0.480 e. The van der Waals surface area contributed by atoms with E-state index < -0.39 is 23.5 Å². The van der Waals surface area contributed by atoms with Crippen LogP contribution >= 0.6 is 0 Å². The molecule has 0 aliphatic carbocycles. The first kappa shape index (κ1) is 17.8. The Kier molecular flexibility index (Phi) is 5.11. The molecule has 1 aromatic rings. The summed E-state index contributed by atoms with van der Waals surface area (Å²) in [5.41, 5.74) is -0.693. The predicted octanol–water partition coefficient (Wildman–Crippen LogP) is 1.56. The van der Waals surface area contributed by atoms with Gasteiger partial charge in [-0.1, -0.05) is 19.1 Å². The normalized spacial score (nSPS) is 19.0. The van der Waals surface area contributed by atoms with Crippen LogP contribution in [0, 0.1) is 0 Å². The van der Waals surface area contributed by atoms with Crippen LogP contribution in [0.15, 0.2) is 24.3 Å². The topological polar surface area (TPSA) is 95.9 Å². The molecule has 0 spiro atoms. The van der Waals surface area contributed by atoms with Crippen LogP contribution < -0.4 is 15.0 Å². The molecule has 2 unspecified atom stereocenters. The van der Waals surface area contributed by atoms with Crippen molar-refractivity contribution >= 4 is 23.5 Å². The molecule has 130 valence electrons. The summed E-state index contributed by atoms with van der Waals surface area (Å²) in [6, 6.07) is 7.12. The fourth-order valence-corrected chi connectivity index (χ4v) is 2.47. The summed E-state index contributed by atoms with van der Waals surface area (Å²) >= 11 is 0. The van der Waals surface area contributed by atoms with Crippen LogP contribution in [-0.4, -0.2) is 41.1 Å². The lowest BCUT2D eigenvalue weighted by Crippen LogP contribution is -2.52. The van der Waals surface area contributed by atoms with Gasteiger partial charge in [0.2, 0.25) is 5.91 Å². The van der Waals surface area contributed by atoms with Gasteiger partial charge < -0.3 is 20.1 Å². The maximum atomic E-state index is 12.3. The Hall–Kier alpha value is -2.57. The lowest BCUT2D eigenvalue weighted by Gasteiger charge is -2.33. The van der Waals surface area contributed by atoms with Gasteiger partial charge in [0.15, 0.2) is 6.10 Å². The minimum Gasteiger partial charge on any atom is -0.480 e. The minimum absolute atomic E-state index is 0.00959. The molecule has 0 radical (unpaired) electrons. The smallest absolute Gasteiger partial charge is 0.329 e. The first-order valence-electron chi connectivity index (χ1n) is 7.90. The zero-order valence-corrected chi connectivity index (χ0v) is 14.0. The Morgan fingerprint density at radius 1 is 1.38 bits per heavy atom. The standard InChI is InChI=1S/C17H22N2O5/c1-4-17(3,16(22)23)18-14(20)9-10-19-12-7-5-6-8-13(12)24-11(2)15(19)21/h5-8,11H,4,9-10H2,1-3H3,(H,18,20)(H,22,23). The van der Waals surface area contributed by atoms with E-state index in [1.807, 2.05) is 6.07 Å². The predicted molar refractivity (Wildman–Crippen MR) is 88.0 cm³/mol. The number of para-hydroxylation sites is 2. The van der Waals surface area contributed by atoms with Gasteiger partial charge in [0.25, 0.3) is 5.91 Å². The fourth-order valence-electron chi connectivity index (χ4n) is 2.47. The number of rotatable bonds is 6. The van der Waals surface area contributed by atoms with Crippen molar-refractivity contribution in [3.8, 4) is 5.75 Å². The third-order valence-electron chi connectivity index (χ3n) is 4.23. The molecule has 1 aliphatic rings. The Morgan fingerprint density at radius 3 is 2.67 bits per heavy atom. The number of amides is 2. The summed E-state index contributed by atoms with van der Waals surface area (Å²) < 4.78 is 5.54. The molecule has 1 heterocycles. The van der Waals surface area contributed by atoms with Gasteiger partial charge in [0.1, 0.15) is 11.3 Å². The summed E-state index contributed by atoms with van der Waals surface area (Å²) in [6.07, 6.45) is -0.344. The van der Waals surface area contributed by atoms with Gasteiger partial charge in [-0.2, -0.15) is 0 Å². The van der Waals surface area contributed by atoms with Crippen LogP contribution in [0.5, 0.6) is 5.75 Å². The van der Waals surface area contributed by atoms with Gasteiger partial charge in [-0.05, 0) is 32.4 Å². The number of nitrogens with one attached hydrogen (secondary N) is 1. The number of aliphatic carboxylic acids is 1. The molecule has 1 aliphatic heterocycles. The molecule has 2 amide bonds. The molecule has 2 rings (SSSR count). The monoisotopic (exact) mass is 334 g/mol. The van der Waals surface area contributed by atoms with E-state index in [1.165, 1.54) is 11.8 Å². The average molecular weight is 334 g/mol. The molecular formula is C17H22N2O5. The highest BCUT2D eigenvalue weighted by Gasteiger charge is 2.34. The fraction of sp³-hybridized carbons (Fsp3) is 0.471. The van der Waals surface area contributed by atoms with E-state index in [-0.39, 0.29) is 25.3 Å². The number of carboxylic acid groups (broad SMARTS) is 1. The molecule has 24 heavy (non-hydrogen) atoms. The zero-order chi connectivity index (χ0) is 17.9.